The number of Topliss-reactive ketones (excluding diaryl/α,β-unsaturated/α-hetero) is 1. The Labute approximate surface area is 200 Å². The first-order valence-electron chi connectivity index (χ1n) is 11.0. The van der Waals surface area contributed by atoms with Crippen LogP contribution in [-0.2, 0) is 9.59 Å². The molecular formula is C27H22F2N2O2S. The molecule has 2 aromatic carbocycles. The molecule has 0 radical (unpaired) electrons. The number of anilines is 1. The average Bonchev–Trinajstić information content (AvgIpc) is 3.33. The summed E-state index contributed by atoms with van der Waals surface area (Å²) < 4.78 is 27.4. The minimum atomic E-state index is -0.651. The molecule has 1 aliphatic heterocycles. The second-order valence-electron chi connectivity index (χ2n) is 8.55. The molecule has 2 N–H and O–H groups in total. The second kappa shape index (κ2) is 8.99. The van der Waals surface area contributed by atoms with Gasteiger partial charge in [0.15, 0.2) is 5.78 Å². The zero-order chi connectivity index (χ0) is 23.8. The Bertz CT molecular complexity index is 1330. The maximum Gasteiger partial charge on any atom is 0.254 e. The van der Waals surface area contributed by atoms with Gasteiger partial charge in [-0.3, -0.25) is 9.59 Å². The Hall–Kier alpha value is -3.58. The Morgan fingerprint density at radius 2 is 1.82 bits per heavy atom. The molecule has 3 aromatic rings. The number of thiophene rings is 1. The molecule has 34 heavy (non-hydrogen) atoms. The molecule has 4 nitrogen and oxygen atoms in total. The van der Waals surface area contributed by atoms with Crippen molar-refractivity contribution in [1.29, 1.82) is 0 Å². The number of rotatable bonds is 4. The maximum atomic E-state index is 13.7. The van der Waals surface area contributed by atoms with Crippen molar-refractivity contribution in [2.75, 3.05) is 5.32 Å². The molecular weight excluding hydrogens is 454 g/mol. The van der Waals surface area contributed by atoms with Crippen molar-refractivity contribution in [1.82, 2.24) is 5.32 Å². The summed E-state index contributed by atoms with van der Waals surface area (Å²) in [6, 6.07) is 15.5. The number of allylic oxidation sites excluding steroid dienone is 3. The number of hydrogen-bond donors (Lipinski definition) is 2. The standard InChI is InChI=1S/C27H22F2N2O2S/c1-15-24(27(33)31-20-5-2-4-19(29)14-20)25(16-7-9-18(28)10-8-16)26-21(30-15)12-17(13-22(26)32)23-6-3-11-34-23/h2-11,14,17,25,30H,12-13H2,1H3,(H,31,33)/t17-,25-/m0/s1. The number of hydrogen-bond acceptors (Lipinski definition) is 4. The number of benzene rings is 2. The van der Waals surface area contributed by atoms with Crippen molar-refractivity contribution < 1.29 is 18.4 Å². The van der Waals surface area contributed by atoms with Gasteiger partial charge in [0.2, 0.25) is 0 Å². The van der Waals surface area contributed by atoms with Crippen LogP contribution in [0.25, 0.3) is 0 Å². The van der Waals surface area contributed by atoms with Gasteiger partial charge >= 0.3 is 0 Å². The normalized spacial score (nSPS) is 20.1. The smallest absolute Gasteiger partial charge is 0.254 e. The van der Waals surface area contributed by atoms with Gasteiger partial charge in [-0.1, -0.05) is 24.3 Å². The van der Waals surface area contributed by atoms with Crippen LogP contribution < -0.4 is 10.6 Å². The quantitative estimate of drug-likeness (QED) is 0.484. The van der Waals surface area contributed by atoms with Crippen LogP contribution >= 0.6 is 11.3 Å². The van der Waals surface area contributed by atoms with Crippen molar-refractivity contribution in [3.8, 4) is 0 Å². The lowest BCUT2D eigenvalue weighted by Gasteiger charge is -2.36. The van der Waals surface area contributed by atoms with Crippen LogP contribution in [0.1, 0.15) is 42.0 Å². The summed E-state index contributed by atoms with van der Waals surface area (Å²) >= 11 is 1.63. The fourth-order valence-corrected chi connectivity index (χ4v) is 5.65. The Morgan fingerprint density at radius 3 is 2.53 bits per heavy atom. The monoisotopic (exact) mass is 476 g/mol. The van der Waals surface area contributed by atoms with Crippen LogP contribution in [0.3, 0.4) is 0 Å². The first kappa shape index (κ1) is 22.2. The summed E-state index contributed by atoms with van der Waals surface area (Å²) in [5, 5.41) is 8.07. The molecule has 2 aliphatic rings. The van der Waals surface area contributed by atoms with E-state index in [2.05, 4.69) is 10.6 Å². The second-order valence-corrected chi connectivity index (χ2v) is 9.53. The first-order chi connectivity index (χ1) is 16.4. The van der Waals surface area contributed by atoms with E-state index < -0.39 is 23.5 Å². The van der Waals surface area contributed by atoms with Gasteiger partial charge in [-0.2, -0.15) is 0 Å². The molecule has 1 aliphatic carbocycles. The Morgan fingerprint density at radius 1 is 1.03 bits per heavy atom. The zero-order valence-electron chi connectivity index (χ0n) is 18.4. The molecule has 0 bridgehead atoms. The number of ketones is 1. The topological polar surface area (TPSA) is 58.2 Å². The van der Waals surface area contributed by atoms with Gasteiger partial charge in [-0.25, -0.2) is 8.78 Å². The van der Waals surface area contributed by atoms with Crippen molar-refractivity contribution in [2.24, 2.45) is 0 Å². The summed E-state index contributed by atoms with van der Waals surface area (Å²) in [6.45, 7) is 1.79. The molecule has 5 rings (SSSR count). The molecule has 172 valence electrons. The predicted molar refractivity (Wildman–Crippen MR) is 128 cm³/mol. The number of halogens is 2. The molecule has 7 heteroatoms. The highest BCUT2D eigenvalue weighted by molar-refractivity contribution is 7.10. The van der Waals surface area contributed by atoms with E-state index in [1.807, 2.05) is 17.5 Å². The van der Waals surface area contributed by atoms with Crippen molar-refractivity contribution >= 4 is 28.7 Å². The van der Waals surface area contributed by atoms with Crippen LogP contribution in [0.2, 0.25) is 0 Å². The Balaban J connectivity index is 1.56. The highest BCUT2D eigenvalue weighted by Crippen LogP contribution is 2.46. The van der Waals surface area contributed by atoms with Gasteiger partial charge in [0.1, 0.15) is 11.6 Å². The van der Waals surface area contributed by atoms with Gasteiger partial charge in [0.25, 0.3) is 5.91 Å². The van der Waals surface area contributed by atoms with Crippen LogP contribution in [0.4, 0.5) is 14.5 Å². The van der Waals surface area contributed by atoms with Crippen LogP contribution in [0.5, 0.6) is 0 Å². The van der Waals surface area contributed by atoms with E-state index in [0.717, 1.165) is 10.6 Å². The largest absolute Gasteiger partial charge is 0.362 e. The highest BCUT2D eigenvalue weighted by atomic mass is 32.1. The summed E-state index contributed by atoms with van der Waals surface area (Å²) in [7, 11) is 0. The highest BCUT2D eigenvalue weighted by Gasteiger charge is 2.41. The lowest BCUT2D eigenvalue weighted by atomic mass is 9.72. The van der Waals surface area contributed by atoms with Gasteiger partial charge in [-0.15, -0.1) is 11.3 Å². The number of amides is 1. The summed E-state index contributed by atoms with van der Waals surface area (Å²) in [5.41, 5.74) is 3.27. The minimum absolute atomic E-state index is 0.0370. The van der Waals surface area contributed by atoms with E-state index in [0.29, 0.717) is 40.9 Å². The van der Waals surface area contributed by atoms with Crippen molar-refractivity contribution in [3.05, 3.63) is 111 Å². The lowest BCUT2D eigenvalue weighted by molar-refractivity contribution is -0.116. The molecule has 0 unspecified atom stereocenters. The fraction of sp³-hybridized carbons (Fsp3) is 0.185. The third kappa shape index (κ3) is 4.19. The lowest BCUT2D eigenvalue weighted by Crippen LogP contribution is -2.37. The molecule has 1 aromatic heterocycles. The third-order valence-electron chi connectivity index (χ3n) is 6.30. The van der Waals surface area contributed by atoms with Crippen LogP contribution in [-0.4, -0.2) is 11.7 Å². The summed E-state index contributed by atoms with van der Waals surface area (Å²) in [4.78, 5) is 28.1. The molecule has 0 fully saturated rings. The molecule has 0 saturated heterocycles. The zero-order valence-corrected chi connectivity index (χ0v) is 19.2. The molecule has 0 saturated carbocycles. The molecule has 1 amide bonds. The molecule has 2 heterocycles. The van der Waals surface area contributed by atoms with E-state index >= 15 is 0 Å². The van der Waals surface area contributed by atoms with Crippen LogP contribution in [0.15, 0.2) is 88.6 Å². The number of carbonyl (C=O) groups is 2. The third-order valence-corrected chi connectivity index (χ3v) is 7.34. The number of nitrogens with one attached hydrogen (secondary N) is 2. The average molecular weight is 477 g/mol. The summed E-state index contributed by atoms with van der Waals surface area (Å²) in [6.07, 6.45) is 0.992. The van der Waals surface area contributed by atoms with Crippen LogP contribution in [0, 0.1) is 11.6 Å². The fourth-order valence-electron chi connectivity index (χ4n) is 4.82. The van der Waals surface area contributed by atoms with Crippen molar-refractivity contribution in [3.63, 3.8) is 0 Å². The maximum absolute atomic E-state index is 13.7. The van der Waals surface area contributed by atoms with Crippen molar-refractivity contribution in [2.45, 2.75) is 31.6 Å². The van der Waals surface area contributed by atoms with Gasteiger partial charge < -0.3 is 10.6 Å². The SMILES string of the molecule is CC1=C(C(=O)Nc2cccc(F)c2)[C@H](c2ccc(F)cc2)C2=C(C[C@H](c3cccs3)CC2=O)N1. The van der Waals surface area contributed by atoms with E-state index in [4.69, 9.17) is 0 Å². The Kier molecular flexibility index (Phi) is 5.87. The van der Waals surface area contributed by atoms with E-state index in [9.17, 15) is 18.4 Å². The summed E-state index contributed by atoms with van der Waals surface area (Å²) in [5.74, 6) is -1.92. The van der Waals surface area contributed by atoms with E-state index in [1.54, 1.807) is 36.5 Å². The molecule has 0 spiro atoms. The predicted octanol–water partition coefficient (Wildman–Crippen LogP) is 6.03. The van der Waals surface area contributed by atoms with E-state index in [1.165, 1.54) is 30.3 Å². The minimum Gasteiger partial charge on any atom is -0.362 e. The van der Waals surface area contributed by atoms with Gasteiger partial charge in [-0.05, 0) is 60.7 Å². The first-order valence-corrected chi connectivity index (χ1v) is 11.9. The number of dihydropyridines is 1. The number of carbonyl (C=O) groups excluding carboxylic acids is 2. The van der Waals surface area contributed by atoms with Gasteiger partial charge in [0, 0.05) is 51.4 Å². The molecule has 2 atom stereocenters. The van der Waals surface area contributed by atoms with Gasteiger partial charge in [0.05, 0.1) is 0 Å². The van der Waals surface area contributed by atoms with E-state index in [-0.39, 0.29) is 11.7 Å².